The number of hydrogen-bond donors (Lipinski definition) is 2. The maximum atomic E-state index is 11.7. The molecular formula is C17H22N2O2S. The lowest BCUT2D eigenvalue weighted by Gasteiger charge is -2.03. The van der Waals surface area contributed by atoms with Gasteiger partial charge in [0.25, 0.3) is 0 Å². The van der Waals surface area contributed by atoms with Gasteiger partial charge in [-0.1, -0.05) is 0 Å². The summed E-state index contributed by atoms with van der Waals surface area (Å²) in [6, 6.07) is 12.2. The molecule has 4 nitrogen and oxygen atoms in total. The molecule has 0 saturated carbocycles. The molecule has 2 aromatic rings. The van der Waals surface area contributed by atoms with E-state index in [1.165, 1.54) is 4.88 Å². The Morgan fingerprint density at radius 1 is 1.18 bits per heavy atom. The van der Waals surface area contributed by atoms with Gasteiger partial charge in [0.15, 0.2) is 0 Å². The number of benzene rings is 1. The highest BCUT2D eigenvalue weighted by molar-refractivity contribution is 7.15. The van der Waals surface area contributed by atoms with Crippen LogP contribution in [0.2, 0.25) is 0 Å². The summed E-state index contributed by atoms with van der Waals surface area (Å²) in [5.74, 6) is 0.962. The van der Waals surface area contributed by atoms with Crippen molar-refractivity contribution in [3.8, 4) is 16.2 Å². The van der Waals surface area contributed by atoms with Crippen molar-refractivity contribution in [1.82, 2.24) is 10.6 Å². The van der Waals surface area contributed by atoms with Crippen molar-refractivity contribution < 1.29 is 9.53 Å². The Hall–Kier alpha value is -1.85. The minimum Gasteiger partial charge on any atom is -0.497 e. The standard InChI is InChI=1S/C17H22N2O2S/c1-18-11-3-4-17(20)19-12-15-9-10-16(22-15)13-5-7-14(21-2)8-6-13/h5-10,18H,3-4,11-12H2,1-2H3,(H,19,20). The predicted octanol–water partition coefficient (Wildman–Crippen LogP) is 3.04. The van der Waals surface area contributed by atoms with E-state index in [0.29, 0.717) is 13.0 Å². The predicted molar refractivity (Wildman–Crippen MR) is 91.3 cm³/mol. The molecule has 118 valence electrons. The zero-order valence-corrected chi connectivity index (χ0v) is 13.8. The largest absolute Gasteiger partial charge is 0.497 e. The number of ether oxygens (including phenoxy) is 1. The Bertz CT molecular complexity index is 593. The lowest BCUT2D eigenvalue weighted by Crippen LogP contribution is -2.23. The third kappa shape index (κ3) is 4.86. The molecule has 5 heteroatoms. The van der Waals surface area contributed by atoms with E-state index in [1.54, 1.807) is 18.4 Å². The van der Waals surface area contributed by atoms with Crippen molar-refractivity contribution in [2.75, 3.05) is 20.7 Å². The van der Waals surface area contributed by atoms with Crippen LogP contribution in [0.25, 0.3) is 10.4 Å². The van der Waals surface area contributed by atoms with Crippen molar-refractivity contribution in [2.45, 2.75) is 19.4 Å². The van der Waals surface area contributed by atoms with Crippen LogP contribution < -0.4 is 15.4 Å². The van der Waals surface area contributed by atoms with Crippen LogP contribution in [0.1, 0.15) is 17.7 Å². The Balaban J connectivity index is 1.86. The molecular weight excluding hydrogens is 296 g/mol. The van der Waals surface area contributed by atoms with Crippen molar-refractivity contribution in [1.29, 1.82) is 0 Å². The summed E-state index contributed by atoms with van der Waals surface area (Å²) < 4.78 is 5.17. The summed E-state index contributed by atoms with van der Waals surface area (Å²) in [5, 5.41) is 6.00. The fourth-order valence-corrected chi connectivity index (χ4v) is 3.04. The lowest BCUT2D eigenvalue weighted by atomic mass is 10.2. The van der Waals surface area contributed by atoms with E-state index in [-0.39, 0.29) is 5.91 Å². The van der Waals surface area contributed by atoms with Gasteiger partial charge in [-0.2, -0.15) is 0 Å². The summed E-state index contributed by atoms with van der Waals surface area (Å²) in [6.45, 7) is 1.47. The fraction of sp³-hybridized carbons (Fsp3) is 0.353. The van der Waals surface area contributed by atoms with Gasteiger partial charge < -0.3 is 15.4 Å². The summed E-state index contributed by atoms with van der Waals surface area (Å²) in [6.07, 6.45) is 1.43. The van der Waals surface area contributed by atoms with Gasteiger partial charge in [-0.25, -0.2) is 0 Å². The maximum absolute atomic E-state index is 11.7. The molecule has 0 aliphatic carbocycles. The Labute approximate surface area is 135 Å². The molecule has 0 radical (unpaired) electrons. The summed E-state index contributed by atoms with van der Waals surface area (Å²) in [4.78, 5) is 14.0. The van der Waals surface area contributed by atoms with Gasteiger partial charge in [-0.3, -0.25) is 4.79 Å². The summed E-state index contributed by atoms with van der Waals surface area (Å²) >= 11 is 1.70. The second-order valence-electron chi connectivity index (χ2n) is 4.98. The topological polar surface area (TPSA) is 50.4 Å². The molecule has 0 unspecified atom stereocenters. The van der Waals surface area contributed by atoms with E-state index in [9.17, 15) is 4.79 Å². The van der Waals surface area contributed by atoms with Crippen LogP contribution >= 0.6 is 11.3 Å². The van der Waals surface area contributed by atoms with Crippen LogP contribution in [0.15, 0.2) is 36.4 Å². The summed E-state index contributed by atoms with van der Waals surface area (Å²) in [7, 11) is 3.56. The van der Waals surface area contributed by atoms with E-state index < -0.39 is 0 Å². The number of carbonyl (C=O) groups excluding carboxylic acids is 1. The fourth-order valence-electron chi connectivity index (χ4n) is 2.08. The molecule has 1 aromatic carbocycles. The average molecular weight is 318 g/mol. The third-order valence-electron chi connectivity index (χ3n) is 3.33. The van der Waals surface area contributed by atoms with Gasteiger partial charge in [-0.15, -0.1) is 11.3 Å². The van der Waals surface area contributed by atoms with Gasteiger partial charge in [0.05, 0.1) is 13.7 Å². The molecule has 1 amide bonds. The van der Waals surface area contributed by atoms with Crippen LogP contribution in [-0.4, -0.2) is 26.6 Å². The molecule has 0 saturated heterocycles. The van der Waals surface area contributed by atoms with Crippen LogP contribution in [0.3, 0.4) is 0 Å². The number of hydrogen-bond acceptors (Lipinski definition) is 4. The van der Waals surface area contributed by atoms with Crippen LogP contribution in [0.5, 0.6) is 5.75 Å². The first-order valence-electron chi connectivity index (χ1n) is 7.37. The molecule has 0 aliphatic rings. The first-order chi connectivity index (χ1) is 10.7. The minimum atomic E-state index is 0.106. The van der Waals surface area contributed by atoms with E-state index in [4.69, 9.17) is 4.74 Å². The van der Waals surface area contributed by atoms with Gasteiger partial charge in [0.2, 0.25) is 5.91 Å². The molecule has 0 aliphatic heterocycles. The van der Waals surface area contributed by atoms with E-state index >= 15 is 0 Å². The van der Waals surface area contributed by atoms with Gasteiger partial charge in [-0.05, 0) is 62.0 Å². The molecule has 1 aromatic heterocycles. The number of methoxy groups -OCH3 is 1. The van der Waals surface area contributed by atoms with Crippen molar-refractivity contribution in [3.63, 3.8) is 0 Å². The quantitative estimate of drug-likeness (QED) is 0.736. The molecule has 0 bridgehead atoms. The zero-order chi connectivity index (χ0) is 15.8. The zero-order valence-electron chi connectivity index (χ0n) is 13.0. The number of amides is 1. The first-order valence-corrected chi connectivity index (χ1v) is 8.19. The van der Waals surface area contributed by atoms with Crippen molar-refractivity contribution >= 4 is 17.2 Å². The Morgan fingerprint density at radius 2 is 1.95 bits per heavy atom. The van der Waals surface area contributed by atoms with Crippen LogP contribution in [-0.2, 0) is 11.3 Å². The van der Waals surface area contributed by atoms with Gasteiger partial charge in [0.1, 0.15) is 5.75 Å². The van der Waals surface area contributed by atoms with Crippen molar-refractivity contribution in [2.24, 2.45) is 0 Å². The van der Waals surface area contributed by atoms with Crippen LogP contribution in [0, 0.1) is 0 Å². The lowest BCUT2D eigenvalue weighted by molar-refractivity contribution is -0.121. The monoisotopic (exact) mass is 318 g/mol. The highest BCUT2D eigenvalue weighted by atomic mass is 32.1. The minimum absolute atomic E-state index is 0.106. The normalized spacial score (nSPS) is 10.5. The first kappa shape index (κ1) is 16.5. The maximum Gasteiger partial charge on any atom is 0.220 e. The third-order valence-corrected chi connectivity index (χ3v) is 4.46. The molecule has 1 heterocycles. The number of rotatable bonds is 8. The molecule has 2 rings (SSSR count). The average Bonchev–Trinajstić information content (AvgIpc) is 3.02. The van der Waals surface area contributed by atoms with Gasteiger partial charge in [0, 0.05) is 16.2 Å². The molecule has 22 heavy (non-hydrogen) atoms. The Kier molecular flexibility index (Phi) is 6.43. The number of carbonyl (C=O) groups is 1. The summed E-state index contributed by atoms with van der Waals surface area (Å²) in [5.41, 5.74) is 1.16. The number of thiophene rings is 1. The Morgan fingerprint density at radius 3 is 2.64 bits per heavy atom. The highest BCUT2D eigenvalue weighted by Crippen LogP contribution is 2.29. The van der Waals surface area contributed by atoms with Crippen molar-refractivity contribution in [3.05, 3.63) is 41.3 Å². The smallest absolute Gasteiger partial charge is 0.220 e. The van der Waals surface area contributed by atoms with E-state index in [0.717, 1.165) is 29.2 Å². The second-order valence-corrected chi connectivity index (χ2v) is 6.15. The van der Waals surface area contributed by atoms with Gasteiger partial charge >= 0.3 is 0 Å². The van der Waals surface area contributed by atoms with Crippen LogP contribution in [0.4, 0.5) is 0 Å². The molecule has 0 fully saturated rings. The van der Waals surface area contributed by atoms with E-state index in [1.807, 2.05) is 31.3 Å². The molecule has 0 atom stereocenters. The SMILES string of the molecule is CNCCCC(=O)NCc1ccc(-c2ccc(OC)cc2)s1. The van der Waals surface area contributed by atoms with E-state index in [2.05, 4.69) is 22.8 Å². The molecule has 2 N–H and O–H groups in total. The number of nitrogens with one attached hydrogen (secondary N) is 2. The second kappa shape index (κ2) is 8.56. The molecule has 0 spiro atoms. The highest BCUT2D eigenvalue weighted by Gasteiger charge is 2.05.